The molecule has 106 valence electrons. The summed E-state index contributed by atoms with van der Waals surface area (Å²) in [7, 11) is 0. The molecular formula is C15H10F3N3. The van der Waals surface area contributed by atoms with Crippen LogP contribution in [-0.2, 0) is 6.18 Å². The van der Waals surface area contributed by atoms with Crippen LogP contribution < -0.4 is 0 Å². The highest BCUT2D eigenvalue weighted by molar-refractivity contribution is 5.80. The molecule has 0 atom stereocenters. The van der Waals surface area contributed by atoms with Crippen LogP contribution in [0.5, 0.6) is 0 Å². The van der Waals surface area contributed by atoms with E-state index in [9.17, 15) is 13.2 Å². The maximum absolute atomic E-state index is 12.6. The fourth-order valence-electron chi connectivity index (χ4n) is 1.93. The smallest absolute Gasteiger partial charge is 0.166 e. The molecular weight excluding hydrogens is 279 g/mol. The standard InChI is InChI=1S/C15H10F3N3/c1-10(20-21-19)13-4-2-3-5-14(13)11-6-8-12(9-7-11)15(16,17)18/h2-9H,1H2. The Kier molecular flexibility index (Phi) is 4.00. The lowest BCUT2D eigenvalue weighted by Gasteiger charge is -2.11. The molecule has 2 aromatic carbocycles. The number of benzene rings is 2. The van der Waals surface area contributed by atoms with E-state index in [4.69, 9.17) is 5.53 Å². The molecule has 21 heavy (non-hydrogen) atoms. The first-order valence-corrected chi connectivity index (χ1v) is 5.94. The fraction of sp³-hybridized carbons (Fsp3) is 0.0667. The number of alkyl halides is 3. The van der Waals surface area contributed by atoms with Crippen LogP contribution in [0.25, 0.3) is 27.3 Å². The van der Waals surface area contributed by atoms with Gasteiger partial charge in [0, 0.05) is 10.6 Å². The largest absolute Gasteiger partial charge is 0.416 e. The van der Waals surface area contributed by atoms with Crippen LogP contribution in [0.1, 0.15) is 11.1 Å². The van der Waals surface area contributed by atoms with Gasteiger partial charge in [0.2, 0.25) is 0 Å². The van der Waals surface area contributed by atoms with Crippen molar-refractivity contribution in [3.63, 3.8) is 0 Å². The zero-order valence-corrected chi connectivity index (χ0v) is 10.8. The van der Waals surface area contributed by atoms with E-state index in [-0.39, 0.29) is 5.70 Å². The topological polar surface area (TPSA) is 48.8 Å². The van der Waals surface area contributed by atoms with Crippen LogP contribution in [-0.4, -0.2) is 0 Å². The monoisotopic (exact) mass is 289 g/mol. The Balaban J connectivity index is 2.48. The Morgan fingerprint density at radius 3 is 2.24 bits per heavy atom. The van der Waals surface area contributed by atoms with Gasteiger partial charge in [-0.05, 0) is 34.4 Å². The summed E-state index contributed by atoms with van der Waals surface area (Å²) in [5, 5.41) is 3.44. The van der Waals surface area contributed by atoms with Crippen molar-refractivity contribution in [3.8, 4) is 11.1 Å². The number of halogens is 3. The van der Waals surface area contributed by atoms with E-state index in [0.717, 1.165) is 12.1 Å². The molecule has 0 bridgehead atoms. The van der Waals surface area contributed by atoms with Crippen molar-refractivity contribution in [1.82, 2.24) is 0 Å². The third kappa shape index (κ3) is 3.24. The molecule has 2 rings (SSSR count). The predicted molar refractivity (Wildman–Crippen MR) is 75.1 cm³/mol. The minimum atomic E-state index is -4.37. The first kappa shape index (κ1) is 14.7. The van der Waals surface area contributed by atoms with Crippen LogP contribution in [0.4, 0.5) is 13.2 Å². The molecule has 0 aliphatic rings. The molecule has 0 unspecified atom stereocenters. The van der Waals surface area contributed by atoms with Gasteiger partial charge >= 0.3 is 6.18 Å². The van der Waals surface area contributed by atoms with Crippen molar-refractivity contribution >= 4 is 5.70 Å². The lowest BCUT2D eigenvalue weighted by molar-refractivity contribution is -0.137. The molecule has 0 N–H and O–H groups in total. The van der Waals surface area contributed by atoms with Gasteiger partial charge in [-0.1, -0.05) is 48.1 Å². The fourth-order valence-corrected chi connectivity index (χ4v) is 1.93. The molecule has 0 aliphatic heterocycles. The molecule has 0 radical (unpaired) electrons. The SMILES string of the molecule is C=C(N=[N+]=[N-])c1ccccc1-c1ccc(C(F)(F)F)cc1. The first-order valence-electron chi connectivity index (χ1n) is 5.94. The summed E-state index contributed by atoms with van der Waals surface area (Å²) in [4.78, 5) is 2.67. The maximum Gasteiger partial charge on any atom is 0.416 e. The van der Waals surface area contributed by atoms with E-state index in [2.05, 4.69) is 16.6 Å². The van der Waals surface area contributed by atoms with Gasteiger partial charge in [0.05, 0.1) is 5.56 Å². The number of hydrogen-bond donors (Lipinski definition) is 0. The summed E-state index contributed by atoms with van der Waals surface area (Å²) < 4.78 is 37.7. The summed E-state index contributed by atoms with van der Waals surface area (Å²) in [5.41, 5.74) is 9.79. The third-order valence-corrected chi connectivity index (χ3v) is 2.93. The molecule has 6 heteroatoms. The Hall–Kier alpha value is -2.72. The summed E-state index contributed by atoms with van der Waals surface area (Å²) in [5.74, 6) is 0. The van der Waals surface area contributed by atoms with Gasteiger partial charge in [0.15, 0.2) is 0 Å². The summed E-state index contributed by atoms with van der Waals surface area (Å²) in [6, 6.07) is 11.7. The maximum atomic E-state index is 12.6. The third-order valence-electron chi connectivity index (χ3n) is 2.93. The molecule has 3 nitrogen and oxygen atoms in total. The normalized spacial score (nSPS) is 10.8. The van der Waals surface area contributed by atoms with Crippen LogP contribution in [0, 0.1) is 0 Å². The Bertz CT molecular complexity index is 712. The first-order chi connectivity index (χ1) is 9.93. The van der Waals surface area contributed by atoms with Gasteiger partial charge in [-0.15, -0.1) is 0 Å². The highest BCUT2D eigenvalue weighted by Gasteiger charge is 2.30. The zero-order valence-electron chi connectivity index (χ0n) is 10.8. The highest BCUT2D eigenvalue weighted by Crippen LogP contribution is 2.33. The summed E-state index contributed by atoms with van der Waals surface area (Å²) in [6.45, 7) is 3.66. The molecule has 0 spiro atoms. The van der Waals surface area contributed by atoms with E-state index in [0.29, 0.717) is 16.7 Å². The van der Waals surface area contributed by atoms with E-state index in [1.54, 1.807) is 24.3 Å². The van der Waals surface area contributed by atoms with Gasteiger partial charge < -0.3 is 0 Å². The number of nitrogens with zero attached hydrogens (tertiary/aromatic N) is 3. The number of hydrogen-bond acceptors (Lipinski definition) is 1. The summed E-state index contributed by atoms with van der Waals surface area (Å²) in [6.07, 6.45) is -4.37. The van der Waals surface area contributed by atoms with Crippen molar-refractivity contribution in [2.75, 3.05) is 0 Å². The highest BCUT2D eigenvalue weighted by atomic mass is 19.4. The number of azide groups is 1. The van der Waals surface area contributed by atoms with Gasteiger partial charge in [0.1, 0.15) is 0 Å². The molecule has 0 amide bonds. The zero-order chi connectivity index (χ0) is 15.5. The quantitative estimate of drug-likeness (QED) is 0.398. The molecule has 0 saturated heterocycles. The van der Waals surface area contributed by atoms with E-state index in [1.165, 1.54) is 12.1 Å². The van der Waals surface area contributed by atoms with Crippen LogP contribution in [0.3, 0.4) is 0 Å². The van der Waals surface area contributed by atoms with Crippen molar-refractivity contribution in [2.45, 2.75) is 6.18 Å². The Morgan fingerprint density at radius 1 is 1.05 bits per heavy atom. The van der Waals surface area contributed by atoms with Gasteiger partial charge in [0.25, 0.3) is 0 Å². The summed E-state index contributed by atoms with van der Waals surface area (Å²) >= 11 is 0. The average Bonchev–Trinajstić information content (AvgIpc) is 2.47. The molecule has 0 heterocycles. The van der Waals surface area contributed by atoms with Crippen LogP contribution >= 0.6 is 0 Å². The second-order valence-electron chi connectivity index (χ2n) is 4.26. The average molecular weight is 289 g/mol. The van der Waals surface area contributed by atoms with Crippen molar-refractivity contribution in [2.24, 2.45) is 5.11 Å². The Labute approximate surface area is 119 Å². The Morgan fingerprint density at radius 2 is 1.67 bits per heavy atom. The molecule has 0 aliphatic carbocycles. The minimum absolute atomic E-state index is 0.216. The van der Waals surface area contributed by atoms with Crippen LogP contribution in [0.15, 0.2) is 60.2 Å². The van der Waals surface area contributed by atoms with Gasteiger partial charge in [-0.25, -0.2) is 0 Å². The predicted octanol–water partition coefficient (Wildman–Crippen LogP) is 5.65. The lowest BCUT2D eigenvalue weighted by Crippen LogP contribution is -2.04. The van der Waals surface area contributed by atoms with E-state index < -0.39 is 11.7 Å². The van der Waals surface area contributed by atoms with E-state index >= 15 is 0 Å². The van der Waals surface area contributed by atoms with Crippen molar-refractivity contribution in [3.05, 3.63) is 76.7 Å². The van der Waals surface area contributed by atoms with Gasteiger partial charge in [-0.2, -0.15) is 13.2 Å². The van der Waals surface area contributed by atoms with Crippen molar-refractivity contribution < 1.29 is 13.2 Å². The van der Waals surface area contributed by atoms with Crippen LogP contribution in [0.2, 0.25) is 0 Å². The van der Waals surface area contributed by atoms with Gasteiger partial charge in [-0.3, -0.25) is 0 Å². The minimum Gasteiger partial charge on any atom is -0.166 e. The second kappa shape index (κ2) is 5.73. The molecule has 2 aromatic rings. The van der Waals surface area contributed by atoms with E-state index in [1.807, 2.05) is 0 Å². The molecule has 0 aromatic heterocycles. The molecule has 0 fully saturated rings. The second-order valence-corrected chi connectivity index (χ2v) is 4.26. The lowest BCUT2D eigenvalue weighted by atomic mass is 9.97. The molecule has 0 saturated carbocycles. The number of rotatable bonds is 3. The van der Waals surface area contributed by atoms with Crippen molar-refractivity contribution in [1.29, 1.82) is 0 Å².